The molecule has 1 N–H and O–H groups in total. The molecule has 1 unspecified atom stereocenters. The molecule has 3 heterocycles. The minimum atomic E-state index is -0.272. The van der Waals surface area contributed by atoms with Crippen LogP contribution in [0.5, 0.6) is 0 Å². The van der Waals surface area contributed by atoms with E-state index >= 15 is 0 Å². The van der Waals surface area contributed by atoms with Gasteiger partial charge in [-0.3, -0.25) is 0 Å². The largest absolute Gasteiger partial charge is 0.324 e. The first-order chi connectivity index (χ1) is 7.25. The van der Waals surface area contributed by atoms with E-state index in [4.69, 9.17) is 0 Å². The summed E-state index contributed by atoms with van der Waals surface area (Å²) >= 11 is 0. The fraction of sp³-hybridized carbons (Fsp3) is 0.364. The zero-order valence-corrected chi connectivity index (χ0v) is 8.50. The molecule has 15 heavy (non-hydrogen) atoms. The number of rotatable bonds is 0. The summed E-state index contributed by atoms with van der Waals surface area (Å²) in [6.45, 7) is 3.91. The summed E-state index contributed by atoms with van der Waals surface area (Å²) in [5.74, 6) is -0.272. The van der Waals surface area contributed by atoms with Crippen molar-refractivity contribution in [1.29, 1.82) is 0 Å². The molecular formula is C11H12FN3. The first kappa shape index (κ1) is 8.85. The Bertz CT molecular complexity index is 518. The first-order valence-corrected chi connectivity index (χ1v) is 5.12. The molecule has 0 amide bonds. The molecule has 1 atom stereocenters. The number of halogens is 1. The quantitative estimate of drug-likeness (QED) is 0.711. The third-order valence-corrected chi connectivity index (χ3v) is 2.91. The Kier molecular flexibility index (Phi) is 1.79. The number of nitrogens with one attached hydrogen (secondary N) is 1. The van der Waals surface area contributed by atoms with Crippen LogP contribution in [-0.4, -0.2) is 16.1 Å². The van der Waals surface area contributed by atoms with Crippen molar-refractivity contribution in [2.75, 3.05) is 6.54 Å². The van der Waals surface area contributed by atoms with Crippen molar-refractivity contribution < 1.29 is 4.39 Å². The van der Waals surface area contributed by atoms with Gasteiger partial charge >= 0.3 is 0 Å². The number of nitrogens with zero attached hydrogens (tertiary/aromatic N) is 2. The Labute approximate surface area is 86.9 Å². The molecule has 0 bridgehead atoms. The van der Waals surface area contributed by atoms with Crippen LogP contribution in [0.1, 0.15) is 18.7 Å². The van der Waals surface area contributed by atoms with E-state index in [9.17, 15) is 4.39 Å². The van der Waals surface area contributed by atoms with Crippen molar-refractivity contribution in [3.8, 4) is 0 Å². The molecule has 4 heteroatoms. The normalized spacial score (nSPS) is 20.5. The van der Waals surface area contributed by atoms with Crippen molar-refractivity contribution in [3.63, 3.8) is 0 Å². The lowest BCUT2D eigenvalue weighted by Gasteiger charge is -2.24. The van der Waals surface area contributed by atoms with Crippen LogP contribution in [0.4, 0.5) is 4.39 Å². The fourth-order valence-electron chi connectivity index (χ4n) is 2.27. The second-order valence-electron chi connectivity index (χ2n) is 4.05. The maximum atomic E-state index is 13.0. The van der Waals surface area contributed by atoms with Crippen LogP contribution in [0, 0.1) is 5.82 Å². The van der Waals surface area contributed by atoms with E-state index in [-0.39, 0.29) is 5.82 Å². The molecule has 0 saturated carbocycles. The standard InChI is InChI=1S/C11H12FN3/c1-7-4-13-6-10-3-8-2-9(12)5-14-11(8)15(7)10/h2-3,5,7,13H,4,6H2,1H3. The van der Waals surface area contributed by atoms with Gasteiger partial charge in [-0.1, -0.05) is 0 Å². The molecule has 0 radical (unpaired) electrons. The molecule has 1 aliphatic rings. The lowest BCUT2D eigenvalue weighted by Crippen LogP contribution is -2.31. The maximum absolute atomic E-state index is 13.0. The smallest absolute Gasteiger partial charge is 0.142 e. The van der Waals surface area contributed by atoms with Gasteiger partial charge in [-0.15, -0.1) is 0 Å². The Morgan fingerprint density at radius 2 is 2.40 bits per heavy atom. The Hall–Kier alpha value is -1.42. The first-order valence-electron chi connectivity index (χ1n) is 5.12. The summed E-state index contributed by atoms with van der Waals surface area (Å²) in [5, 5.41) is 4.21. The van der Waals surface area contributed by atoms with E-state index in [1.807, 2.05) is 6.07 Å². The zero-order chi connectivity index (χ0) is 10.4. The van der Waals surface area contributed by atoms with E-state index in [2.05, 4.69) is 21.8 Å². The summed E-state index contributed by atoms with van der Waals surface area (Å²) in [5.41, 5.74) is 2.07. The van der Waals surface area contributed by atoms with Crippen molar-refractivity contribution in [1.82, 2.24) is 14.9 Å². The van der Waals surface area contributed by atoms with Crippen LogP contribution in [0.25, 0.3) is 11.0 Å². The highest BCUT2D eigenvalue weighted by molar-refractivity contribution is 5.77. The van der Waals surface area contributed by atoms with Crippen LogP contribution < -0.4 is 5.32 Å². The van der Waals surface area contributed by atoms with Gasteiger partial charge in [-0.05, 0) is 19.1 Å². The highest BCUT2D eigenvalue weighted by Crippen LogP contribution is 2.25. The van der Waals surface area contributed by atoms with Gasteiger partial charge in [0.05, 0.1) is 6.20 Å². The van der Waals surface area contributed by atoms with E-state index in [0.29, 0.717) is 6.04 Å². The monoisotopic (exact) mass is 205 g/mol. The molecule has 2 aromatic heterocycles. The van der Waals surface area contributed by atoms with Gasteiger partial charge in [0.25, 0.3) is 0 Å². The van der Waals surface area contributed by atoms with Crippen molar-refractivity contribution in [2.24, 2.45) is 0 Å². The van der Waals surface area contributed by atoms with Crippen LogP contribution in [-0.2, 0) is 6.54 Å². The molecule has 0 aromatic carbocycles. The third-order valence-electron chi connectivity index (χ3n) is 2.91. The van der Waals surface area contributed by atoms with Gasteiger partial charge in [0.15, 0.2) is 0 Å². The number of hydrogen-bond acceptors (Lipinski definition) is 2. The second kappa shape index (κ2) is 3.03. The Morgan fingerprint density at radius 1 is 1.53 bits per heavy atom. The molecule has 3 rings (SSSR count). The predicted molar refractivity (Wildman–Crippen MR) is 56.1 cm³/mol. The van der Waals surface area contributed by atoms with Gasteiger partial charge in [-0.25, -0.2) is 9.37 Å². The van der Waals surface area contributed by atoms with Crippen molar-refractivity contribution in [2.45, 2.75) is 19.5 Å². The summed E-state index contributed by atoms with van der Waals surface area (Å²) in [6.07, 6.45) is 1.28. The Balaban J connectivity index is 2.32. The topological polar surface area (TPSA) is 29.9 Å². The van der Waals surface area contributed by atoms with Crippen LogP contribution in [0.3, 0.4) is 0 Å². The van der Waals surface area contributed by atoms with Gasteiger partial charge < -0.3 is 9.88 Å². The predicted octanol–water partition coefficient (Wildman–Crippen LogP) is 1.84. The molecule has 78 valence electrons. The number of hydrogen-bond donors (Lipinski definition) is 1. The van der Waals surface area contributed by atoms with Crippen LogP contribution in [0.15, 0.2) is 18.3 Å². The molecule has 0 fully saturated rings. The third kappa shape index (κ3) is 1.25. The molecule has 0 aliphatic carbocycles. The zero-order valence-electron chi connectivity index (χ0n) is 8.50. The van der Waals surface area contributed by atoms with E-state index in [1.54, 1.807) is 6.07 Å². The fourth-order valence-corrected chi connectivity index (χ4v) is 2.27. The second-order valence-corrected chi connectivity index (χ2v) is 4.05. The van der Waals surface area contributed by atoms with Crippen molar-refractivity contribution in [3.05, 3.63) is 29.8 Å². The highest BCUT2D eigenvalue weighted by atomic mass is 19.1. The van der Waals surface area contributed by atoms with Gasteiger partial charge in [0.1, 0.15) is 11.5 Å². The van der Waals surface area contributed by atoms with Crippen molar-refractivity contribution >= 4 is 11.0 Å². The molecule has 1 aliphatic heterocycles. The summed E-state index contributed by atoms with van der Waals surface area (Å²) in [4.78, 5) is 4.16. The average molecular weight is 205 g/mol. The summed E-state index contributed by atoms with van der Waals surface area (Å²) < 4.78 is 15.2. The van der Waals surface area contributed by atoms with E-state index < -0.39 is 0 Å². The SMILES string of the molecule is CC1CNCc2cc3cc(F)cnc3n21. The minimum Gasteiger partial charge on any atom is -0.324 e. The number of pyridine rings is 1. The molecular weight excluding hydrogens is 193 g/mol. The molecule has 3 nitrogen and oxygen atoms in total. The molecule has 0 spiro atoms. The van der Waals surface area contributed by atoms with Crippen LogP contribution in [0.2, 0.25) is 0 Å². The highest BCUT2D eigenvalue weighted by Gasteiger charge is 2.18. The molecule has 0 saturated heterocycles. The summed E-state index contributed by atoms with van der Waals surface area (Å²) in [6, 6.07) is 3.93. The van der Waals surface area contributed by atoms with E-state index in [1.165, 1.54) is 11.9 Å². The lowest BCUT2D eigenvalue weighted by molar-refractivity contribution is 0.437. The number of aromatic nitrogens is 2. The summed E-state index contributed by atoms with van der Waals surface area (Å²) in [7, 11) is 0. The van der Waals surface area contributed by atoms with E-state index in [0.717, 1.165) is 24.1 Å². The minimum absolute atomic E-state index is 0.272. The average Bonchev–Trinajstić information content (AvgIpc) is 2.56. The van der Waals surface area contributed by atoms with Crippen LogP contribution >= 0.6 is 0 Å². The van der Waals surface area contributed by atoms with Gasteiger partial charge in [-0.2, -0.15) is 0 Å². The maximum Gasteiger partial charge on any atom is 0.142 e. The number of fused-ring (bicyclic) bond motifs is 3. The lowest BCUT2D eigenvalue weighted by atomic mass is 10.2. The molecule has 2 aromatic rings. The van der Waals surface area contributed by atoms with Gasteiger partial charge in [0.2, 0.25) is 0 Å². The Morgan fingerprint density at radius 3 is 3.27 bits per heavy atom. The van der Waals surface area contributed by atoms with Gasteiger partial charge in [0, 0.05) is 30.2 Å².